The van der Waals surface area contributed by atoms with Crippen molar-refractivity contribution >= 4 is 11.7 Å². The van der Waals surface area contributed by atoms with E-state index in [2.05, 4.69) is 10.3 Å². The van der Waals surface area contributed by atoms with E-state index >= 15 is 0 Å². The van der Waals surface area contributed by atoms with E-state index in [1.165, 1.54) is 0 Å². The van der Waals surface area contributed by atoms with Gasteiger partial charge in [0, 0.05) is 5.71 Å². The minimum absolute atomic E-state index is 0.337. The predicted molar refractivity (Wildman–Crippen MR) is 41.0 cm³/mol. The number of carbonyl (C=O) groups excluding carboxylic acids is 1. The fraction of sp³-hybridized carbons (Fsp3) is 0.667. The monoisotopic (exact) mass is 143 g/mol. The Morgan fingerprint density at radius 2 is 2.10 bits per heavy atom. The van der Waals surface area contributed by atoms with Crippen LogP contribution >= 0.6 is 0 Å². The number of hydrogen-bond donors (Lipinski definition) is 2. The number of amides is 2. The van der Waals surface area contributed by atoms with Crippen molar-refractivity contribution in [2.45, 2.75) is 26.9 Å². The van der Waals surface area contributed by atoms with Gasteiger partial charge in [-0.2, -0.15) is 0 Å². The lowest BCUT2D eigenvalue weighted by molar-refractivity contribution is 0.246. The maximum atomic E-state index is 10.7. The molecule has 0 saturated carbocycles. The first kappa shape index (κ1) is 9.10. The van der Waals surface area contributed by atoms with Crippen molar-refractivity contribution in [2.24, 2.45) is 10.7 Å². The number of nitrogens with two attached hydrogens (primary N) is 1. The van der Waals surface area contributed by atoms with E-state index in [0.717, 1.165) is 5.71 Å². The molecule has 0 aliphatic heterocycles. The molecule has 58 valence electrons. The van der Waals surface area contributed by atoms with Crippen LogP contribution in [0.2, 0.25) is 0 Å². The highest BCUT2D eigenvalue weighted by molar-refractivity contribution is 5.92. The van der Waals surface area contributed by atoms with Gasteiger partial charge >= 0.3 is 6.03 Å². The molecule has 0 saturated heterocycles. The zero-order valence-electron chi connectivity index (χ0n) is 6.51. The van der Waals surface area contributed by atoms with Crippen molar-refractivity contribution in [3.63, 3.8) is 0 Å². The standard InChI is InChI=1S/C6H13N3O/c1-4(2)8-6(10)9-5(3)7/h5H,7H2,1-3H3,(H,9,10). The second kappa shape index (κ2) is 4.00. The molecule has 1 unspecified atom stereocenters. The first-order chi connectivity index (χ1) is 4.52. The Kier molecular flexibility index (Phi) is 3.64. The molecule has 10 heavy (non-hydrogen) atoms. The first-order valence-corrected chi connectivity index (χ1v) is 3.10. The normalized spacial score (nSPS) is 12.0. The maximum absolute atomic E-state index is 10.7. The van der Waals surface area contributed by atoms with E-state index in [-0.39, 0.29) is 12.2 Å². The summed E-state index contributed by atoms with van der Waals surface area (Å²) in [5.41, 5.74) is 5.99. The molecule has 0 fully saturated rings. The van der Waals surface area contributed by atoms with Gasteiger partial charge < -0.3 is 11.1 Å². The van der Waals surface area contributed by atoms with Crippen molar-refractivity contribution in [1.29, 1.82) is 0 Å². The molecular weight excluding hydrogens is 130 g/mol. The molecule has 0 radical (unpaired) electrons. The van der Waals surface area contributed by atoms with Crippen LogP contribution in [0.1, 0.15) is 20.8 Å². The molecule has 1 atom stereocenters. The van der Waals surface area contributed by atoms with E-state index in [4.69, 9.17) is 5.73 Å². The van der Waals surface area contributed by atoms with E-state index in [9.17, 15) is 4.79 Å². The topological polar surface area (TPSA) is 67.5 Å². The number of aliphatic imine (C=N–C) groups is 1. The Morgan fingerprint density at radius 3 is 2.40 bits per heavy atom. The van der Waals surface area contributed by atoms with Crippen LogP contribution in [0.15, 0.2) is 4.99 Å². The summed E-state index contributed by atoms with van der Waals surface area (Å²) in [6, 6.07) is -0.380. The molecule has 0 bridgehead atoms. The van der Waals surface area contributed by atoms with Gasteiger partial charge in [0.1, 0.15) is 0 Å². The van der Waals surface area contributed by atoms with E-state index < -0.39 is 0 Å². The van der Waals surface area contributed by atoms with Crippen molar-refractivity contribution in [3.05, 3.63) is 0 Å². The van der Waals surface area contributed by atoms with Crippen LogP contribution in [0.25, 0.3) is 0 Å². The fourth-order valence-electron chi connectivity index (χ4n) is 0.430. The summed E-state index contributed by atoms with van der Waals surface area (Å²) in [6.45, 7) is 5.18. The molecule has 0 aliphatic rings. The fourth-order valence-corrected chi connectivity index (χ4v) is 0.430. The average Bonchev–Trinajstić information content (AvgIpc) is 1.58. The number of urea groups is 1. The van der Waals surface area contributed by atoms with Gasteiger partial charge in [0.15, 0.2) is 0 Å². The van der Waals surface area contributed by atoms with E-state index in [1.807, 2.05) is 0 Å². The summed E-state index contributed by atoms with van der Waals surface area (Å²) >= 11 is 0. The zero-order chi connectivity index (χ0) is 8.15. The number of rotatable bonds is 1. The molecule has 0 spiro atoms. The molecule has 3 N–H and O–H groups in total. The minimum atomic E-state index is -0.380. The number of nitrogens with one attached hydrogen (secondary N) is 1. The van der Waals surface area contributed by atoms with Crippen LogP contribution in [0.4, 0.5) is 4.79 Å². The Bertz CT molecular complexity index is 147. The molecule has 0 rings (SSSR count). The van der Waals surface area contributed by atoms with E-state index in [0.29, 0.717) is 0 Å². The molecule has 4 nitrogen and oxygen atoms in total. The van der Waals surface area contributed by atoms with E-state index in [1.54, 1.807) is 20.8 Å². The smallest absolute Gasteiger partial charge is 0.321 e. The van der Waals surface area contributed by atoms with Crippen molar-refractivity contribution in [1.82, 2.24) is 5.32 Å². The Morgan fingerprint density at radius 1 is 1.60 bits per heavy atom. The van der Waals surface area contributed by atoms with Crippen LogP contribution in [0, 0.1) is 0 Å². The molecule has 2 amide bonds. The molecular formula is C6H13N3O. The number of nitrogens with zero attached hydrogens (tertiary/aromatic N) is 1. The maximum Gasteiger partial charge on any atom is 0.342 e. The summed E-state index contributed by atoms with van der Waals surface area (Å²) < 4.78 is 0. The summed E-state index contributed by atoms with van der Waals surface area (Å²) in [7, 11) is 0. The third-order valence-electron chi connectivity index (χ3n) is 0.676. The summed E-state index contributed by atoms with van der Waals surface area (Å²) in [5, 5.41) is 2.43. The average molecular weight is 143 g/mol. The SMILES string of the molecule is CC(C)=NC(=O)NC(C)N. The minimum Gasteiger partial charge on any atom is -0.321 e. The lowest BCUT2D eigenvalue weighted by Crippen LogP contribution is -2.37. The summed E-state index contributed by atoms with van der Waals surface area (Å²) in [5.74, 6) is 0. The Hall–Kier alpha value is -0.900. The van der Waals surface area contributed by atoms with Gasteiger partial charge in [-0.15, -0.1) is 0 Å². The summed E-state index contributed by atoms with van der Waals surface area (Å²) in [4.78, 5) is 14.3. The van der Waals surface area contributed by atoms with Gasteiger partial charge in [0.05, 0.1) is 6.17 Å². The predicted octanol–water partition coefficient (Wildman–Crippen LogP) is 0.482. The molecule has 0 aliphatic carbocycles. The molecule has 4 heteroatoms. The molecule has 0 aromatic heterocycles. The van der Waals surface area contributed by atoms with Gasteiger partial charge in [0.25, 0.3) is 0 Å². The third-order valence-corrected chi connectivity index (χ3v) is 0.676. The highest BCUT2D eigenvalue weighted by atomic mass is 16.2. The number of hydrogen-bond acceptors (Lipinski definition) is 2. The quantitative estimate of drug-likeness (QED) is 0.414. The second-order valence-corrected chi connectivity index (χ2v) is 2.30. The molecule has 0 heterocycles. The van der Waals surface area contributed by atoms with Gasteiger partial charge in [-0.05, 0) is 20.8 Å². The van der Waals surface area contributed by atoms with Crippen LogP contribution < -0.4 is 11.1 Å². The lowest BCUT2D eigenvalue weighted by atomic mass is 10.5. The zero-order valence-corrected chi connectivity index (χ0v) is 6.51. The lowest BCUT2D eigenvalue weighted by Gasteiger charge is -2.03. The van der Waals surface area contributed by atoms with Crippen molar-refractivity contribution in [2.75, 3.05) is 0 Å². The first-order valence-electron chi connectivity index (χ1n) is 3.10. The van der Waals surface area contributed by atoms with Gasteiger partial charge in [-0.3, -0.25) is 0 Å². The van der Waals surface area contributed by atoms with Crippen molar-refractivity contribution < 1.29 is 4.79 Å². The largest absolute Gasteiger partial charge is 0.342 e. The highest BCUT2D eigenvalue weighted by Crippen LogP contribution is 1.78. The van der Waals surface area contributed by atoms with Crippen LogP contribution in [-0.2, 0) is 0 Å². The Balaban J connectivity index is 3.76. The van der Waals surface area contributed by atoms with Gasteiger partial charge in [-0.1, -0.05) is 0 Å². The van der Waals surface area contributed by atoms with Crippen LogP contribution in [0.3, 0.4) is 0 Å². The Labute approximate surface area is 60.5 Å². The molecule has 0 aromatic rings. The number of carbonyl (C=O) groups is 1. The highest BCUT2D eigenvalue weighted by Gasteiger charge is 1.98. The van der Waals surface area contributed by atoms with Crippen LogP contribution in [0.5, 0.6) is 0 Å². The molecule has 0 aromatic carbocycles. The third kappa shape index (κ3) is 5.24. The summed E-state index contributed by atoms with van der Waals surface area (Å²) in [6.07, 6.45) is -0.337. The van der Waals surface area contributed by atoms with Crippen molar-refractivity contribution in [3.8, 4) is 0 Å². The second-order valence-electron chi connectivity index (χ2n) is 2.30. The van der Waals surface area contributed by atoms with Crippen LogP contribution in [-0.4, -0.2) is 17.9 Å². The van der Waals surface area contributed by atoms with Gasteiger partial charge in [-0.25, -0.2) is 9.79 Å². The van der Waals surface area contributed by atoms with Gasteiger partial charge in [0.2, 0.25) is 0 Å².